The zero-order valence-electron chi connectivity index (χ0n) is 8.25. The Bertz CT molecular complexity index is 117. The zero-order valence-corrected chi connectivity index (χ0v) is 8.25. The largest absolute Gasteiger partial charge is 0.382 e. The summed E-state index contributed by atoms with van der Waals surface area (Å²) in [6.45, 7) is 4.94. The number of hydrogen-bond donors (Lipinski definition) is 1. The molecule has 4 nitrogen and oxygen atoms in total. The molecule has 0 saturated carbocycles. The third-order valence-electron chi connectivity index (χ3n) is 1.96. The van der Waals surface area contributed by atoms with E-state index in [1.807, 2.05) is 0 Å². The zero-order chi connectivity index (χ0) is 9.36. The average molecular weight is 189 g/mol. The first-order valence-corrected chi connectivity index (χ1v) is 4.82. The van der Waals surface area contributed by atoms with Gasteiger partial charge in [-0.3, -0.25) is 0 Å². The Labute approximate surface area is 79.5 Å². The summed E-state index contributed by atoms with van der Waals surface area (Å²) >= 11 is 0. The molecular weight excluding hydrogens is 170 g/mol. The molecular formula is C9H19NO3. The molecule has 0 unspecified atom stereocenters. The quantitative estimate of drug-likeness (QED) is 0.547. The minimum absolute atomic E-state index is 0.443. The van der Waals surface area contributed by atoms with Crippen LogP contribution in [0.1, 0.15) is 6.42 Å². The minimum Gasteiger partial charge on any atom is -0.382 e. The lowest BCUT2D eigenvalue weighted by Gasteiger charge is -2.26. The second-order valence-electron chi connectivity index (χ2n) is 3.11. The molecule has 0 radical (unpaired) electrons. The van der Waals surface area contributed by atoms with Gasteiger partial charge in [-0.1, -0.05) is 0 Å². The molecule has 1 fully saturated rings. The van der Waals surface area contributed by atoms with Gasteiger partial charge in [-0.2, -0.15) is 0 Å². The average Bonchev–Trinajstić information content (AvgIpc) is 2.07. The highest BCUT2D eigenvalue weighted by Crippen LogP contribution is 1.98. The number of methoxy groups -OCH3 is 1. The first-order chi connectivity index (χ1) is 6.43. The molecule has 1 heterocycles. The molecule has 1 saturated heterocycles. The molecule has 1 rings (SSSR count). The van der Waals surface area contributed by atoms with E-state index < -0.39 is 0 Å². The molecule has 13 heavy (non-hydrogen) atoms. The van der Waals surface area contributed by atoms with Crippen LogP contribution in [0.3, 0.4) is 0 Å². The van der Waals surface area contributed by atoms with Gasteiger partial charge in [0.25, 0.3) is 0 Å². The van der Waals surface area contributed by atoms with Crippen LogP contribution in [0, 0.1) is 0 Å². The van der Waals surface area contributed by atoms with E-state index in [1.54, 1.807) is 7.11 Å². The Morgan fingerprint density at radius 1 is 1.15 bits per heavy atom. The van der Waals surface area contributed by atoms with Crippen molar-refractivity contribution in [3.63, 3.8) is 0 Å². The van der Waals surface area contributed by atoms with Crippen molar-refractivity contribution in [1.82, 2.24) is 5.32 Å². The van der Waals surface area contributed by atoms with Crippen molar-refractivity contribution in [2.75, 3.05) is 46.6 Å². The van der Waals surface area contributed by atoms with Gasteiger partial charge < -0.3 is 19.5 Å². The van der Waals surface area contributed by atoms with Gasteiger partial charge in [-0.15, -0.1) is 0 Å². The molecule has 1 aliphatic rings. The van der Waals surface area contributed by atoms with E-state index >= 15 is 0 Å². The summed E-state index contributed by atoms with van der Waals surface area (Å²) in [5.74, 6) is 0. The molecule has 0 aliphatic carbocycles. The number of nitrogens with one attached hydrogen (secondary N) is 1. The number of rotatable bonds is 8. The van der Waals surface area contributed by atoms with Gasteiger partial charge in [0.15, 0.2) is 0 Å². The van der Waals surface area contributed by atoms with Crippen molar-refractivity contribution in [2.45, 2.75) is 12.5 Å². The van der Waals surface area contributed by atoms with Gasteiger partial charge in [0.05, 0.1) is 19.3 Å². The summed E-state index contributed by atoms with van der Waals surface area (Å²) in [6.07, 6.45) is 1.42. The van der Waals surface area contributed by atoms with Crippen LogP contribution in [-0.2, 0) is 14.2 Å². The van der Waals surface area contributed by atoms with Crippen molar-refractivity contribution >= 4 is 0 Å². The molecule has 0 atom stereocenters. The van der Waals surface area contributed by atoms with E-state index in [2.05, 4.69) is 5.32 Å². The van der Waals surface area contributed by atoms with Gasteiger partial charge in [-0.25, -0.2) is 0 Å². The fourth-order valence-electron chi connectivity index (χ4n) is 1.04. The summed E-state index contributed by atoms with van der Waals surface area (Å²) in [6, 6.07) is 0. The van der Waals surface area contributed by atoms with E-state index in [0.717, 1.165) is 32.7 Å². The van der Waals surface area contributed by atoms with Gasteiger partial charge in [0.1, 0.15) is 0 Å². The lowest BCUT2D eigenvalue weighted by Crippen LogP contribution is -2.48. The Hall–Kier alpha value is -0.160. The third-order valence-corrected chi connectivity index (χ3v) is 1.96. The predicted octanol–water partition coefficient (Wildman–Crippen LogP) is 0.0279. The predicted molar refractivity (Wildman–Crippen MR) is 49.9 cm³/mol. The highest BCUT2D eigenvalue weighted by atomic mass is 16.5. The van der Waals surface area contributed by atoms with Crippen molar-refractivity contribution < 1.29 is 14.2 Å². The molecule has 0 bridgehead atoms. The molecule has 0 aromatic carbocycles. The van der Waals surface area contributed by atoms with Crippen LogP contribution < -0.4 is 5.32 Å². The molecule has 0 aromatic heterocycles. The van der Waals surface area contributed by atoms with E-state index in [4.69, 9.17) is 14.2 Å². The third kappa shape index (κ3) is 5.21. The standard InChI is InChI=1S/C9H19NO3/c1-11-5-6-12-3-2-4-13-9-7-10-8-9/h9-10H,2-8H2,1H3. The van der Waals surface area contributed by atoms with Gasteiger partial charge >= 0.3 is 0 Å². The summed E-state index contributed by atoms with van der Waals surface area (Å²) in [7, 11) is 1.68. The molecule has 1 N–H and O–H groups in total. The van der Waals surface area contributed by atoms with Crippen LogP contribution in [0.5, 0.6) is 0 Å². The fourth-order valence-corrected chi connectivity index (χ4v) is 1.04. The van der Waals surface area contributed by atoms with E-state index in [9.17, 15) is 0 Å². The Morgan fingerprint density at radius 2 is 2.00 bits per heavy atom. The van der Waals surface area contributed by atoms with Crippen LogP contribution >= 0.6 is 0 Å². The second kappa shape index (κ2) is 7.26. The SMILES string of the molecule is COCCOCCCOC1CNC1. The Kier molecular flexibility index (Phi) is 6.10. The first kappa shape index (κ1) is 10.9. The van der Waals surface area contributed by atoms with E-state index in [-0.39, 0.29) is 0 Å². The second-order valence-corrected chi connectivity index (χ2v) is 3.11. The first-order valence-electron chi connectivity index (χ1n) is 4.82. The van der Waals surface area contributed by atoms with Crippen molar-refractivity contribution in [3.05, 3.63) is 0 Å². The lowest BCUT2D eigenvalue weighted by atomic mass is 10.2. The maximum absolute atomic E-state index is 5.51. The number of hydrogen-bond acceptors (Lipinski definition) is 4. The minimum atomic E-state index is 0.443. The molecule has 0 spiro atoms. The molecule has 0 amide bonds. The molecule has 1 aliphatic heterocycles. The summed E-state index contributed by atoms with van der Waals surface area (Å²) in [4.78, 5) is 0. The van der Waals surface area contributed by atoms with Crippen molar-refractivity contribution in [2.24, 2.45) is 0 Å². The van der Waals surface area contributed by atoms with Crippen LogP contribution in [-0.4, -0.2) is 52.7 Å². The van der Waals surface area contributed by atoms with Crippen LogP contribution in [0.4, 0.5) is 0 Å². The Morgan fingerprint density at radius 3 is 2.62 bits per heavy atom. The van der Waals surface area contributed by atoms with Gasteiger partial charge in [-0.05, 0) is 6.42 Å². The van der Waals surface area contributed by atoms with Crippen molar-refractivity contribution in [3.8, 4) is 0 Å². The highest BCUT2D eigenvalue weighted by molar-refractivity contribution is 4.74. The maximum Gasteiger partial charge on any atom is 0.0823 e. The smallest absolute Gasteiger partial charge is 0.0823 e. The monoisotopic (exact) mass is 189 g/mol. The summed E-state index contributed by atoms with van der Waals surface area (Å²) < 4.78 is 15.6. The number of ether oxygens (including phenoxy) is 3. The highest BCUT2D eigenvalue weighted by Gasteiger charge is 2.15. The molecule has 78 valence electrons. The topological polar surface area (TPSA) is 39.7 Å². The van der Waals surface area contributed by atoms with E-state index in [0.29, 0.717) is 19.3 Å². The van der Waals surface area contributed by atoms with Crippen LogP contribution in [0.15, 0.2) is 0 Å². The normalized spacial score (nSPS) is 17.3. The Balaban J connectivity index is 1.68. The van der Waals surface area contributed by atoms with Crippen molar-refractivity contribution in [1.29, 1.82) is 0 Å². The van der Waals surface area contributed by atoms with Crippen LogP contribution in [0.25, 0.3) is 0 Å². The summed E-state index contributed by atoms with van der Waals surface area (Å²) in [5, 5.41) is 3.16. The summed E-state index contributed by atoms with van der Waals surface area (Å²) in [5.41, 5.74) is 0. The fraction of sp³-hybridized carbons (Fsp3) is 1.00. The maximum atomic E-state index is 5.51. The lowest BCUT2D eigenvalue weighted by molar-refractivity contribution is 0.00158. The molecule has 0 aromatic rings. The van der Waals surface area contributed by atoms with Gasteiger partial charge in [0, 0.05) is 33.4 Å². The van der Waals surface area contributed by atoms with Crippen LogP contribution in [0.2, 0.25) is 0 Å². The van der Waals surface area contributed by atoms with E-state index in [1.165, 1.54) is 0 Å². The van der Waals surface area contributed by atoms with Gasteiger partial charge in [0.2, 0.25) is 0 Å². The molecule has 4 heteroatoms.